The van der Waals surface area contributed by atoms with Crippen LogP contribution in [0.5, 0.6) is 5.75 Å². The molecule has 1 saturated heterocycles. The van der Waals surface area contributed by atoms with Gasteiger partial charge >= 0.3 is 0 Å². The second-order valence-corrected chi connectivity index (χ2v) is 8.88. The van der Waals surface area contributed by atoms with E-state index in [9.17, 15) is 14.4 Å². The van der Waals surface area contributed by atoms with E-state index in [-0.39, 0.29) is 36.5 Å². The van der Waals surface area contributed by atoms with Crippen LogP contribution in [-0.4, -0.2) is 49.4 Å². The van der Waals surface area contributed by atoms with Crippen LogP contribution in [0.25, 0.3) is 0 Å². The standard InChI is InChI=1S/C26H32ClN3O4/c1-34-23-8-4-20(5-9-23)18-29-24(31)10-11-25(32)30-16-13-21(14-17-30)26(33)28-15-12-19-2-6-22(27)7-3-19/h2-9,21H,10-18H2,1H3,(H,28,33)(H,29,31). The summed E-state index contributed by atoms with van der Waals surface area (Å²) in [5.41, 5.74) is 2.09. The molecule has 3 amide bonds. The highest BCUT2D eigenvalue weighted by molar-refractivity contribution is 6.30. The van der Waals surface area contributed by atoms with Crippen molar-refractivity contribution in [2.45, 2.75) is 38.6 Å². The normalized spacial score (nSPS) is 13.9. The van der Waals surface area contributed by atoms with Crippen LogP contribution in [0.2, 0.25) is 5.02 Å². The minimum Gasteiger partial charge on any atom is -0.497 e. The molecule has 2 N–H and O–H groups in total. The van der Waals surface area contributed by atoms with Crippen LogP contribution in [-0.2, 0) is 27.3 Å². The fraction of sp³-hybridized carbons (Fsp3) is 0.423. The number of nitrogens with zero attached hydrogens (tertiary/aromatic N) is 1. The summed E-state index contributed by atoms with van der Waals surface area (Å²) in [5.74, 6) is 0.529. The van der Waals surface area contributed by atoms with E-state index in [1.807, 2.05) is 48.5 Å². The number of methoxy groups -OCH3 is 1. The molecule has 8 heteroatoms. The number of rotatable bonds is 10. The van der Waals surface area contributed by atoms with E-state index in [1.54, 1.807) is 12.0 Å². The van der Waals surface area contributed by atoms with Crippen molar-refractivity contribution in [3.8, 4) is 5.75 Å². The average molecular weight is 486 g/mol. The molecule has 1 fully saturated rings. The maximum Gasteiger partial charge on any atom is 0.223 e. The highest BCUT2D eigenvalue weighted by Crippen LogP contribution is 2.18. The quantitative estimate of drug-likeness (QED) is 0.540. The largest absolute Gasteiger partial charge is 0.497 e. The second kappa shape index (κ2) is 13.0. The third-order valence-electron chi connectivity index (χ3n) is 6.06. The molecular weight excluding hydrogens is 454 g/mol. The Balaban J connectivity index is 1.30. The van der Waals surface area contributed by atoms with Crippen LogP contribution < -0.4 is 15.4 Å². The van der Waals surface area contributed by atoms with E-state index in [0.29, 0.717) is 44.0 Å². The molecule has 1 aliphatic rings. The molecule has 0 saturated carbocycles. The van der Waals surface area contributed by atoms with Gasteiger partial charge in [-0.25, -0.2) is 0 Å². The van der Waals surface area contributed by atoms with Gasteiger partial charge in [0.1, 0.15) is 5.75 Å². The number of carbonyl (C=O) groups excluding carboxylic acids is 3. The summed E-state index contributed by atoms with van der Waals surface area (Å²) in [6, 6.07) is 15.1. The molecule has 0 radical (unpaired) electrons. The minimum absolute atomic E-state index is 0.0406. The third-order valence-corrected chi connectivity index (χ3v) is 6.31. The predicted molar refractivity (Wildman–Crippen MR) is 132 cm³/mol. The smallest absolute Gasteiger partial charge is 0.223 e. The number of hydrogen-bond acceptors (Lipinski definition) is 4. The molecule has 0 spiro atoms. The van der Waals surface area contributed by atoms with Gasteiger partial charge in [-0.3, -0.25) is 14.4 Å². The molecule has 0 bridgehead atoms. The molecule has 0 aliphatic carbocycles. The summed E-state index contributed by atoms with van der Waals surface area (Å²) in [6.45, 7) is 2.07. The Kier molecular flexibility index (Phi) is 9.76. The lowest BCUT2D eigenvalue weighted by Gasteiger charge is -2.31. The molecule has 0 atom stereocenters. The zero-order valence-electron chi connectivity index (χ0n) is 19.5. The number of ether oxygens (including phenoxy) is 1. The van der Waals surface area contributed by atoms with Gasteiger partial charge in [-0.05, 0) is 54.7 Å². The van der Waals surface area contributed by atoms with Gasteiger partial charge in [0, 0.05) is 50.0 Å². The maximum atomic E-state index is 12.5. The topological polar surface area (TPSA) is 87.7 Å². The molecule has 0 aromatic heterocycles. The van der Waals surface area contributed by atoms with Gasteiger partial charge in [0.25, 0.3) is 0 Å². The van der Waals surface area contributed by atoms with Crippen molar-refractivity contribution >= 4 is 29.3 Å². The van der Waals surface area contributed by atoms with Gasteiger partial charge in [-0.2, -0.15) is 0 Å². The lowest BCUT2D eigenvalue weighted by atomic mass is 9.95. The lowest BCUT2D eigenvalue weighted by Crippen LogP contribution is -2.43. The predicted octanol–water partition coefficient (Wildman–Crippen LogP) is 3.34. The monoisotopic (exact) mass is 485 g/mol. The molecular formula is C26H32ClN3O4. The fourth-order valence-electron chi connectivity index (χ4n) is 3.93. The average Bonchev–Trinajstić information content (AvgIpc) is 2.87. The summed E-state index contributed by atoms with van der Waals surface area (Å²) in [6.07, 6.45) is 2.36. The van der Waals surface area contributed by atoms with Crippen molar-refractivity contribution in [2.75, 3.05) is 26.7 Å². The van der Waals surface area contributed by atoms with Crippen molar-refractivity contribution < 1.29 is 19.1 Å². The number of nitrogens with one attached hydrogen (secondary N) is 2. The van der Waals surface area contributed by atoms with E-state index in [0.717, 1.165) is 23.3 Å². The lowest BCUT2D eigenvalue weighted by molar-refractivity contribution is -0.136. The van der Waals surface area contributed by atoms with Crippen molar-refractivity contribution in [1.29, 1.82) is 0 Å². The number of likely N-dealkylation sites (tertiary alicyclic amines) is 1. The Labute approximate surface area is 205 Å². The van der Waals surface area contributed by atoms with Gasteiger partial charge < -0.3 is 20.3 Å². The SMILES string of the molecule is COc1ccc(CNC(=O)CCC(=O)N2CCC(C(=O)NCCc3ccc(Cl)cc3)CC2)cc1. The maximum absolute atomic E-state index is 12.5. The van der Waals surface area contributed by atoms with Gasteiger partial charge in [-0.1, -0.05) is 35.9 Å². The Morgan fingerprint density at radius 3 is 2.24 bits per heavy atom. The van der Waals surface area contributed by atoms with Crippen LogP contribution in [0.1, 0.15) is 36.8 Å². The number of hydrogen-bond donors (Lipinski definition) is 2. The number of benzene rings is 2. The van der Waals surface area contributed by atoms with Crippen molar-refractivity contribution in [1.82, 2.24) is 15.5 Å². The summed E-state index contributed by atoms with van der Waals surface area (Å²) in [5, 5.41) is 6.54. The molecule has 2 aromatic carbocycles. The van der Waals surface area contributed by atoms with E-state index >= 15 is 0 Å². The second-order valence-electron chi connectivity index (χ2n) is 8.45. The molecule has 7 nitrogen and oxygen atoms in total. The first kappa shape index (κ1) is 25.6. The first-order valence-electron chi connectivity index (χ1n) is 11.6. The number of carbonyl (C=O) groups is 3. The third kappa shape index (κ3) is 8.06. The van der Waals surface area contributed by atoms with Gasteiger partial charge in [0.15, 0.2) is 0 Å². The van der Waals surface area contributed by atoms with Crippen LogP contribution in [0, 0.1) is 5.92 Å². The van der Waals surface area contributed by atoms with E-state index in [2.05, 4.69) is 10.6 Å². The van der Waals surface area contributed by atoms with Gasteiger partial charge in [0.2, 0.25) is 17.7 Å². The summed E-state index contributed by atoms with van der Waals surface area (Å²) in [7, 11) is 1.61. The zero-order chi connectivity index (χ0) is 24.3. The molecule has 34 heavy (non-hydrogen) atoms. The summed E-state index contributed by atoms with van der Waals surface area (Å²) < 4.78 is 5.12. The highest BCUT2D eigenvalue weighted by Gasteiger charge is 2.27. The van der Waals surface area contributed by atoms with E-state index < -0.39 is 0 Å². The van der Waals surface area contributed by atoms with E-state index in [1.165, 1.54) is 0 Å². The first-order valence-corrected chi connectivity index (χ1v) is 12.0. The Morgan fingerprint density at radius 2 is 1.59 bits per heavy atom. The molecule has 1 heterocycles. The highest BCUT2D eigenvalue weighted by atomic mass is 35.5. The van der Waals surface area contributed by atoms with Crippen LogP contribution in [0.3, 0.4) is 0 Å². The fourth-order valence-corrected chi connectivity index (χ4v) is 4.05. The Morgan fingerprint density at radius 1 is 0.941 bits per heavy atom. The van der Waals surface area contributed by atoms with Crippen molar-refractivity contribution in [3.63, 3.8) is 0 Å². The van der Waals surface area contributed by atoms with Crippen molar-refractivity contribution in [3.05, 3.63) is 64.7 Å². The van der Waals surface area contributed by atoms with Gasteiger partial charge in [0.05, 0.1) is 7.11 Å². The zero-order valence-corrected chi connectivity index (χ0v) is 20.3. The Bertz CT molecular complexity index is 955. The van der Waals surface area contributed by atoms with Gasteiger partial charge in [-0.15, -0.1) is 0 Å². The molecule has 3 rings (SSSR count). The van der Waals surface area contributed by atoms with Crippen LogP contribution >= 0.6 is 11.6 Å². The van der Waals surface area contributed by atoms with Crippen LogP contribution in [0.15, 0.2) is 48.5 Å². The number of halogens is 1. The minimum atomic E-state index is -0.154. The van der Waals surface area contributed by atoms with E-state index in [4.69, 9.17) is 16.3 Å². The number of amides is 3. The molecule has 182 valence electrons. The van der Waals surface area contributed by atoms with Crippen LogP contribution in [0.4, 0.5) is 0 Å². The molecule has 0 unspecified atom stereocenters. The summed E-state index contributed by atoms with van der Waals surface area (Å²) >= 11 is 5.89. The first-order chi connectivity index (χ1) is 16.4. The summed E-state index contributed by atoms with van der Waals surface area (Å²) in [4.78, 5) is 38.8. The molecule has 1 aliphatic heterocycles. The molecule has 2 aromatic rings. The number of piperidine rings is 1. The van der Waals surface area contributed by atoms with Crippen molar-refractivity contribution in [2.24, 2.45) is 5.92 Å². The Hall–Kier alpha value is -3.06.